The quantitative estimate of drug-likeness (QED) is 0.528. The van der Waals surface area contributed by atoms with Crippen LogP contribution >= 0.6 is 0 Å². The molecule has 0 N–H and O–H groups in total. The van der Waals surface area contributed by atoms with E-state index in [4.69, 9.17) is 0 Å². The molecule has 1 rings (SSSR count). The Labute approximate surface area is 54.3 Å². The highest BCUT2D eigenvalue weighted by atomic mass is 19.1. The molecule has 1 saturated carbocycles. The van der Waals surface area contributed by atoms with Crippen molar-refractivity contribution in [1.82, 2.24) is 0 Å². The van der Waals surface area contributed by atoms with Crippen LogP contribution < -0.4 is 0 Å². The van der Waals surface area contributed by atoms with Crippen molar-refractivity contribution in [2.24, 2.45) is 5.92 Å². The average molecular weight is 130 g/mol. The van der Waals surface area contributed by atoms with Gasteiger partial charge in [0, 0.05) is 5.92 Å². The summed E-state index contributed by atoms with van der Waals surface area (Å²) in [5, 5.41) is 0. The highest BCUT2D eigenvalue weighted by Crippen LogP contribution is 2.27. The first-order chi connectivity index (χ1) is 4.20. The molecule has 0 spiro atoms. The topological polar surface area (TPSA) is 17.1 Å². The Kier molecular flexibility index (Phi) is 1.84. The molecule has 52 valence electrons. The fraction of sp³-hybridized carbons (Fsp3) is 0.857. The van der Waals surface area contributed by atoms with E-state index in [0.29, 0.717) is 12.8 Å². The maximum atomic E-state index is 12.4. The van der Waals surface area contributed by atoms with E-state index in [2.05, 4.69) is 0 Å². The van der Waals surface area contributed by atoms with Crippen LogP contribution in [0.25, 0.3) is 0 Å². The Balaban J connectivity index is 2.39. The fourth-order valence-electron chi connectivity index (χ4n) is 1.30. The Bertz CT molecular complexity index is 122. The maximum absolute atomic E-state index is 12.4. The van der Waals surface area contributed by atoms with Crippen LogP contribution in [-0.4, -0.2) is 12.0 Å². The summed E-state index contributed by atoms with van der Waals surface area (Å²) in [7, 11) is 0. The molecule has 2 atom stereocenters. The van der Waals surface area contributed by atoms with E-state index in [0.717, 1.165) is 6.42 Å². The molecule has 0 bridgehead atoms. The number of carbonyl (C=O) groups excluding carboxylic acids is 1. The number of halogens is 1. The van der Waals surface area contributed by atoms with Crippen LogP contribution in [0.4, 0.5) is 4.39 Å². The molecule has 0 saturated heterocycles. The molecule has 0 aromatic rings. The largest absolute Gasteiger partial charge is 0.300 e. The summed E-state index contributed by atoms with van der Waals surface area (Å²) in [6.07, 6.45) is 1.11. The van der Waals surface area contributed by atoms with Crippen molar-refractivity contribution in [3.63, 3.8) is 0 Å². The van der Waals surface area contributed by atoms with Gasteiger partial charge in [-0.05, 0) is 26.2 Å². The second-order valence-electron chi connectivity index (χ2n) is 2.72. The minimum atomic E-state index is -0.709. The number of rotatable bonds is 1. The van der Waals surface area contributed by atoms with Gasteiger partial charge in [0.15, 0.2) is 0 Å². The Hall–Kier alpha value is -0.400. The number of hydrogen-bond donors (Lipinski definition) is 0. The van der Waals surface area contributed by atoms with Crippen LogP contribution in [0.1, 0.15) is 26.2 Å². The molecule has 9 heavy (non-hydrogen) atoms. The van der Waals surface area contributed by atoms with Crippen molar-refractivity contribution in [3.05, 3.63) is 0 Å². The molecule has 0 radical (unpaired) electrons. The molecular formula is C7H11FO. The summed E-state index contributed by atoms with van der Waals surface area (Å²) >= 11 is 0. The summed E-state index contributed by atoms with van der Waals surface area (Å²) in [5.74, 6) is 0.176. The average Bonchev–Trinajstić information content (AvgIpc) is 2.14. The van der Waals surface area contributed by atoms with E-state index < -0.39 is 6.17 Å². The van der Waals surface area contributed by atoms with Crippen LogP contribution in [0.2, 0.25) is 0 Å². The first kappa shape index (κ1) is 6.72. The zero-order chi connectivity index (χ0) is 6.85. The van der Waals surface area contributed by atoms with Crippen LogP contribution in [0.3, 0.4) is 0 Å². The van der Waals surface area contributed by atoms with Crippen molar-refractivity contribution in [3.8, 4) is 0 Å². The smallest absolute Gasteiger partial charge is 0.133 e. The molecule has 0 aliphatic heterocycles. The van der Waals surface area contributed by atoms with Gasteiger partial charge in [0.1, 0.15) is 12.0 Å². The van der Waals surface area contributed by atoms with Gasteiger partial charge in [0.2, 0.25) is 0 Å². The SMILES string of the molecule is CC(=O)[C@@H]1CCC(F)C1. The third kappa shape index (κ3) is 1.50. The molecule has 2 heteroatoms. The van der Waals surface area contributed by atoms with Gasteiger partial charge in [-0.15, -0.1) is 0 Å². The minimum absolute atomic E-state index is 0.0278. The van der Waals surface area contributed by atoms with Gasteiger partial charge in [-0.1, -0.05) is 0 Å². The predicted octanol–water partition coefficient (Wildman–Crippen LogP) is 1.71. The van der Waals surface area contributed by atoms with E-state index in [1.54, 1.807) is 6.92 Å². The van der Waals surface area contributed by atoms with Crippen LogP contribution in [0.15, 0.2) is 0 Å². The van der Waals surface area contributed by atoms with Gasteiger partial charge in [-0.3, -0.25) is 4.79 Å². The minimum Gasteiger partial charge on any atom is -0.300 e. The van der Waals surface area contributed by atoms with Crippen molar-refractivity contribution in [1.29, 1.82) is 0 Å². The zero-order valence-electron chi connectivity index (χ0n) is 5.56. The molecule has 1 fully saturated rings. The molecule has 1 unspecified atom stereocenters. The summed E-state index contributed by atoms with van der Waals surface area (Å²) in [4.78, 5) is 10.6. The maximum Gasteiger partial charge on any atom is 0.133 e. The predicted molar refractivity (Wildman–Crippen MR) is 32.9 cm³/mol. The van der Waals surface area contributed by atoms with Gasteiger partial charge >= 0.3 is 0 Å². The van der Waals surface area contributed by atoms with E-state index in [9.17, 15) is 9.18 Å². The summed E-state index contributed by atoms with van der Waals surface area (Å²) in [6.45, 7) is 1.54. The first-order valence-corrected chi connectivity index (χ1v) is 3.34. The Morgan fingerprint density at radius 3 is 2.44 bits per heavy atom. The van der Waals surface area contributed by atoms with Gasteiger partial charge in [-0.2, -0.15) is 0 Å². The molecule has 1 aliphatic rings. The highest BCUT2D eigenvalue weighted by molar-refractivity contribution is 5.78. The van der Waals surface area contributed by atoms with Gasteiger partial charge in [0.25, 0.3) is 0 Å². The summed E-state index contributed by atoms with van der Waals surface area (Å²) < 4.78 is 12.4. The van der Waals surface area contributed by atoms with Gasteiger partial charge < -0.3 is 0 Å². The zero-order valence-corrected chi connectivity index (χ0v) is 5.56. The molecular weight excluding hydrogens is 119 g/mol. The van der Waals surface area contributed by atoms with Crippen molar-refractivity contribution >= 4 is 5.78 Å². The first-order valence-electron chi connectivity index (χ1n) is 3.34. The number of carbonyl (C=O) groups is 1. The van der Waals surface area contributed by atoms with Crippen LogP contribution in [-0.2, 0) is 4.79 Å². The lowest BCUT2D eigenvalue weighted by molar-refractivity contribution is -0.120. The second kappa shape index (κ2) is 2.46. The number of alkyl halides is 1. The highest BCUT2D eigenvalue weighted by Gasteiger charge is 2.26. The Morgan fingerprint density at radius 2 is 2.22 bits per heavy atom. The molecule has 0 amide bonds. The van der Waals surface area contributed by atoms with E-state index >= 15 is 0 Å². The molecule has 0 heterocycles. The van der Waals surface area contributed by atoms with E-state index in [1.165, 1.54) is 0 Å². The lowest BCUT2D eigenvalue weighted by Gasteiger charge is -1.99. The summed E-state index contributed by atoms with van der Waals surface area (Å²) in [6, 6.07) is 0. The fourth-order valence-corrected chi connectivity index (χ4v) is 1.30. The Morgan fingerprint density at radius 1 is 1.56 bits per heavy atom. The summed E-state index contributed by atoms with van der Waals surface area (Å²) in [5.41, 5.74) is 0. The van der Waals surface area contributed by atoms with Crippen LogP contribution in [0.5, 0.6) is 0 Å². The third-order valence-corrected chi connectivity index (χ3v) is 1.94. The lowest BCUT2D eigenvalue weighted by atomic mass is 10.0. The normalized spacial score (nSPS) is 34.9. The van der Waals surface area contributed by atoms with Crippen molar-refractivity contribution in [2.45, 2.75) is 32.4 Å². The third-order valence-electron chi connectivity index (χ3n) is 1.94. The van der Waals surface area contributed by atoms with E-state index in [1.807, 2.05) is 0 Å². The van der Waals surface area contributed by atoms with Gasteiger partial charge in [0.05, 0.1) is 0 Å². The molecule has 0 aromatic heterocycles. The molecule has 1 nitrogen and oxygen atoms in total. The van der Waals surface area contributed by atoms with Gasteiger partial charge in [-0.25, -0.2) is 4.39 Å². The lowest BCUT2D eigenvalue weighted by Crippen LogP contribution is -2.06. The number of ketones is 1. The standard InChI is InChI=1S/C7H11FO/c1-5(9)6-2-3-7(8)4-6/h6-7H,2-4H2,1H3/t6-,7?/m1/s1. The van der Waals surface area contributed by atoms with E-state index in [-0.39, 0.29) is 11.7 Å². The monoisotopic (exact) mass is 130 g/mol. The van der Waals surface area contributed by atoms with Crippen molar-refractivity contribution in [2.75, 3.05) is 0 Å². The number of Topliss-reactive ketones (excluding diaryl/α,β-unsaturated/α-hetero) is 1. The number of hydrogen-bond acceptors (Lipinski definition) is 1. The van der Waals surface area contributed by atoms with Crippen molar-refractivity contribution < 1.29 is 9.18 Å². The second-order valence-corrected chi connectivity index (χ2v) is 2.72. The molecule has 1 aliphatic carbocycles. The molecule has 0 aromatic carbocycles. The van der Waals surface area contributed by atoms with Crippen LogP contribution in [0, 0.1) is 5.92 Å².